The van der Waals surface area contributed by atoms with Crippen molar-refractivity contribution in [1.82, 2.24) is 0 Å². The van der Waals surface area contributed by atoms with Crippen LogP contribution in [0.1, 0.15) is 52.8 Å². The molecule has 29 heavy (non-hydrogen) atoms. The number of ether oxygens (including phenoxy) is 2. The summed E-state index contributed by atoms with van der Waals surface area (Å²) >= 11 is 0. The van der Waals surface area contributed by atoms with E-state index in [2.05, 4.69) is 0 Å². The van der Waals surface area contributed by atoms with E-state index < -0.39 is 24.1 Å². The van der Waals surface area contributed by atoms with Gasteiger partial charge in [-0.15, -0.1) is 0 Å². The Balaban J connectivity index is 1.50. The third kappa shape index (κ3) is 8.89. The van der Waals surface area contributed by atoms with Crippen LogP contribution in [0.5, 0.6) is 0 Å². The van der Waals surface area contributed by atoms with Crippen molar-refractivity contribution in [3.8, 4) is 0 Å². The molecule has 2 N–H and O–H groups in total. The summed E-state index contributed by atoms with van der Waals surface area (Å²) in [4.78, 5) is 23.6. The fraction of sp³-hybridized carbons (Fsp3) is 0.391. The van der Waals surface area contributed by atoms with Gasteiger partial charge in [0.05, 0.1) is 23.3 Å². The first-order valence-electron chi connectivity index (χ1n) is 9.86. The van der Waals surface area contributed by atoms with Crippen LogP contribution in [0.25, 0.3) is 0 Å². The van der Waals surface area contributed by atoms with Gasteiger partial charge in [0.15, 0.2) is 0 Å². The SMILES string of the molecule is O=C(OCC(O)CCCCCC(O)COC(=O)c1ccccc1)c1ccccc1. The number of aliphatic hydroxyl groups is 2. The first kappa shape index (κ1) is 22.6. The minimum Gasteiger partial charge on any atom is -0.459 e. The number of carbonyl (C=O) groups excluding carboxylic acids is 2. The second-order valence-electron chi connectivity index (χ2n) is 6.87. The number of unbranched alkanes of at least 4 members (excludes halogenated alkanes) is 2. The van der Waals surface area contributed by atoms with Crippen LogP contribution >= 0.6 is 0 Å². The van der Waals surface area contributed by atoms with Crippen molar-refractivity contribution in [2.24, 2.45) is 0 Å². The van der Waals surface area contributed by atoms with Gasteiger partial charge in [-0.1, -0.05) is 55.7 Å². The molecule has 0 heterocycles. The van der Waals surface area contributed by atoms with Crippen molar-refractivity contribution in [2.45, 2.75) is 44.3 Å². The quantitative estimate of drug-likeness (QED) is 0.419. The molecule has 2 atom stereocenters. The Morgan fingerprint density at radius 2 is 1.03 bits per heavy atom. The van der Waals surface area contributed by atoms with E-state index in [9.17, 15) is 19.8 Å². The highest BCUT2D eigenvalue weighted by molar-refractivity contribution is 5.89. The fourth-order valence-corrected chi connectivity index (χ4v) is 2.76. The van der Waals surface area contributed by atoms with Crippen LogP contribution in [0.3, 0.4) is 0 Å². The van der Waals surface area contributed by atoms with Crippen LogP contribution in [0.4, 0.5) is 0 Å². The minimum absolute atomic E-state index is 0.0359. The summed E-state index contributed by atoms with van der Waals surface area (Å²) in [5.74, 6) is -0.893. The van der Waals surface area contributed by atoms with Gasteiger partial charge in [0.2, 0.25) is 0 Å². The maximum atomic E-state index is 11.8. The molecule has 0 fully saturated rings. The highest BCUT2D eigenvalue weighted by atomic mass is 16.5. The second-order valence-corrected chi connectivity index (χ2v) is 6.87. The van der Waals surface area contributed by atoms with Gasteiger partial charge in [0.25, 0.3) is 0 Å². The van der Waals surface area contributed by atoms with Crippen LogP contribution in [0, 0.1) is 0 Å². The Morgan fingerprint density at radius 3 is 1.41 bits per heavy atom. The summed E-state index contributed by atoms with van der Waals surface area (Å²) in [5, 5.41) is 19.8. The van der Waals surface area contributed by atoms with Crippen molar-refractivity contribution >= 4 is 11.9 Å². The molecular weight excluding hydrogens is 372 g/mol. The van der Waals surface area contributed by atoms with Gasteiger partial charge in [-0.25, -0.2) is 9.59 Å². The van der Waals surface area contributed by atoms with Gasteiger partial charge in [-0.2, -0.15) is 0 Å². The third-order valence-electron chi connectivity index (χ3n) is 4.41. The predicted octanol–water partition coefficient (Wildman–Crippen LogP) is 3.37. The minimum atomic E-state index is -0.709. The molecule has 2 rings (SSSR count). The topological polar surface area (TPSA) is 93.1 Å². The van der Waals surface area contributed by atoms with Gasteiger partial charge < -0.3 is 19.7 Å². The monoisotopic (exact) mass is 400 g/mol. The van der Waals surface area contributed by atoms with Crippen molar-refractivity contribution in [2.75, 3.05) is 13.2 Å². The Kier molecular flexibility index (Phi) is 9.89. The molecule has 0 amide bonds. The molecule has 2 aromatic rings. The first-order valence-corrected chi connectivity index (χ1v) is 9.86. The van der Waals surface area contributed by atoms with Crippen LogP contribution in [-0.2, 0) is 9.47 Å². The second kappa shape index (κ2) is 12.7. The third-order valence-corrected chi connectivity index (χ3v) is 4.41. The van der Waals surface area contributed by atoms with E-state index in [-0.39, 0.29) is 13.2 Å². The van der Waals surface area contributed by atoms with Crippen molar-refractivity contribution in [1.29, 1.82) is 0 Å². The number of benzene rings is 2. The normalized spacial score (nSPS) is 12.8. The largest absolute Gasteiger partial charge is 0.459 e. The zero-order valence-electron chi connectivity index (χ0n) is 16.4. The van der Waals surface area contributed by atoms with Crippen molar-refractivity contribution in [3.63, 3.8) is 0 Å². The average molecular weight is 400 g/mol. The highest BCUT2D eigenvalue weighted by Crippen LogP contribution is 2.10. The molecule has 156 valence electrons. The fourth-order valence-electron chi connectivity index (χ4n) is 2.76. The summed E-state index contributed by atoms with van der Waals surface area (Å²) in [7, 11) is 0. The van der Waals surface area contributed by atoms with Gasteiger partial charge in [0, 0.05) is 0 Å². The number of carbonyl (C=O) groups is 2. The van der Waals surface area contributed by atoms with E-state index in [1.807, 2.05) is 12.1 Å². The van der Waals surface area contributed by atoms with Crippen LogP contribution in [0.2, 0.25) is 0 Å². The van der Waals surface area contributed by atoms with E-state index in [0.717, 1.165) is 19.3 Å². The zero-order chi connectivity index (χ0) is 20.9. The molecule has 0 aliphatic heterocycles. The lowest BCUT2D eigenvalue weighted by Crippen LogP contribution is -2.19. The number of esters is 2. The first-order chi connectivity index (χ1) is 14.1. The highest BCUT2D eigenvalue weighted by Gasteiger charge is 2.12. The lowest BCUT2D eigenvalue weighted by molar-refractivity contribution is 0.0218. The molecule has 0 saturated carbocycles. The summed E-state index contributed by atoms with van der Waals surface area (Å²) in [6.07, 6.45) is 1.93. The molecule has 0 radical (unpaired) electrons. The predicted molar refractivity (Wildman–Crippen MR) is 109 cm³/mol. The van der Waals surface area contributed by atoms with Crippen LogP contribution in [-0.4, -0.2) is 47.6 Å². The van der Waals surface area contributed by atoms with Crippen molar-refractivity contribution in [3.05, 3.63) is 71.8 Å². The van der Waals surface area contributed by atoms with Gasteiger partial charge in [0.1, 0.15) is 13.2 Å². The molecule has 0 aliphatic carbocycles. The van der Waals surface area contributed by atoms with E-state index in [1.165, 1.54) is 0 Å². The number of hydrogen-bond acceptors (Lipinski definition) is 6. The average Bonchev–Trinajstić information content (AvgIpc) is 2.76. The summed E-state index contributed by atoms with van der Waals surface area (Å²) in [6, 6.07) is 17.3. The molecule has 2 unspecified atom stereocenters. The maximum Gasteiger partial charge on any atom is 0.338 e. The maximum absolute atomic E-state index is 11.8. The lowest BCUT2D eigenvalue weighted by atomic mass is 10.1. The van der Waals surface area contributed by atoms with E-state index in [1.54, 1.807) is 48.5 Å². The summed E-state index contributed by atoms with van der Waals surface area (Å²) in [5.41, 5.74) is 0.920. The van der Waals surface area contributed by atoms with Gasteiger partial charge in [-0.3, -0.25) is 0 Å². The molecule has 0 bridgehead atoms. The Morgan fingerprint density at radius 1 is 0.655 bits per heavy atom. The molecule has 2 aromatic carbocycles. The Bertz CT molecular complexity index is 668. The molecule has 0 spiro atoms. The molecule has 6 heteroatoms. The van der Waals surface area contributed by atoms with E-state index in [0.29, 0.717) is 24.0 Å². The van der Waals surface area contributed by atoms with Gasteiger partial charge in [-0.05, 0) is 37.1 Å². The molecule has 6 nitrogen and oxygen atoms in total. The van der Waals surface area contributed by atoms with E-state index >= 15 is 0 Å². The molecule has 0 aliphatic rings. The summed E-state index contributed by atoms with van der Waals surface area (Å²) < 4.78 is 10.2. The molecule has 0 aromatic heterocycles. The van der Waals surface area contributed by atoms with E-state index in [4.69, 9.17) is 9.47 Å². The van der Waals surface area contributed by atoms with Gasteiger partial charge >= 0.3 is 11.9 Å². The Labute approximate surface area is 171 Å². The molecular formula is C23H28O6. The lowest BCUT2D eigenvalue weighted by Gasteiger charge is -2.13. The summed E-state index contributed by atoms with van der Waals surface area (Å²) in [6.45, 7) is -0.0718. The molecule has 0 saturated heterocycles. The standard InChI is InChI=1S/C23H28O6/c24-20(16-28-22(26)18-10-4-1-5-11-18)14-8-3-9-15-21(25)17-29-23(27)19-12-6-2-7-13-19/h1-2,4-7,10-13,20-21,24-25H,3,8-9,14-17H2. The smallest absolute Gasteiger partial charge is 0.338 e. The Hall–Kier alpha value is -2.70. The van der Waals surface area contributed by atoms with Crippen LogP contribution in [0.15, 0.2) is 60.7 Å². The number of aliphatic hydroxyl groups excluding tert-OH is 2. The number of hydrogen-bond donors (Lipinski definition) is 2. The van der Waals surface area contributed by atoms with Crippen LogP contribution < -0.4 is 0 Å². The zero-order valence-corrected chi connectivity index (χ0v) is 16.4. The number of rotatable bonds is 12. The van der Waals surface area contributed by atoms with Crippen molar-refractivity contribution < 1.29 is 29.3 Å².